The number of ether oxygens (including phenoxy) is 1. The molecule has 5 heteroatoms. The molecule has 0 saturated carbocycles. The van der Waals surface area contributed by atoms with Gasteiger partial charge in [0.2, 0.25) is 0 Å². The van der Waals surface area contributed by atoms with E-state index in [9.17, 15) is 9.59 Å². The first-order valence-corrected chi connectivity index (χ1v) is 5.58. The number of carbonyl (C=O) groups is 2. The van der Waals surface area contributed by atoms with E-state index < -0.39 is 17.9 Å². The molecule has 0 aromatic heterocycles. The standard InChI is InChI=1S/C12H20O5/c1-8(13)6-4-5-7-10(11(14)15)9(2)12(16)17-3/h8,10,13H,2,4-7H2,1,3H3,(H,14,15). The number of carboxylic acids is 1. The Balaban J connectivity index is 4.21. The minimum Gasteiger partial charge on any atom is -0.481 e. The fourth-order valence-electron chi connectivity index (χ4n) is 1.51. The van der Waals surface area contributed by atoms with Crippen molar-refractivity contribution in [3.05, 3.63) is 12.2 Å². The number of rotatable bonds is 8. The van der Waals surface area contributed by atoms with Gasteiger partial charge in [-0.3, -0.25) is 4.79 Å². The highest BCUT2D eigenvalue weighted by Crippen LogP contribution is 2.19. The van der Waals surface area contributed by atoms with Gasteiger partial charge in [-0.05, 0) is 19.8 Å². The maximum absolute atomic E-state index is 11.2. The number of esters is 1. The van der Waals surface area contributed by atoms with E-state index >= 15 is 0 Å². The van der Waals surface area contributed by atoms with Gasteiger partial charge in [0.05, 0.1) is 19.1 Å². The molecule has 0 amide bonds. The van der Waals surface area contributed by atoms with Gasteiger partial charge in [-0.2, -0.15) is 0 Å². The van der Waals surface area contributed by atoms with Gasteiger partial charge in [0, 0.05) is 5.57 Å². The van der Waals surface area contributed by atoms with Crippen molar-refractivity contribution in [3.63, 3.8) is 0 Å². The number of aliphatic hydroxyl groups excluding tert-OH is 1. The molecular formula is C12H20O5. The molecule has 0 bridgehead atoms. The largest absolute Gasteiger partial charge is 0.481 e. The second-order valence-electron chi connectivity index (χ2n) is 4.04. The fraction of sp³-hybridized carbons (Fsp3) is 0.667. The molecule has 5 nitrogen and oxygen atoms in total. The van der Waals surface area contributed by atoms with Crippen LogP contribution in [-0.4, -0.2) is 35.4 Å². The molecule has 98 valence electrons. The van der Waals surface area contributed by atoms with Crippen molar-refractivity contribution < 1.29 is 24.5 Å². The normalized spacial score (nSPS) is 13.8. The van der Waals surface area contributed by atoms with Gasteiger partial charge < -0.3 is 14.9 Å². The highest BCUT2D eigenvalue weighted by Gasteiger charge is 2.25. The monoisotopic (exact) mass is 244 g/mol. The first-order chi connectivity index (χ1) is 7.90. The number of carboxylic acid groups (broad SMARTS) is 1. The number of aliphatic carboxylic acids is 1. The summed E-state index contributed by atoms with van der Waals surface area (Å²) in [6.45, 7) is 5.14. The van der Waals surface area contributed by atoms with E-state index in [4.69, 9.17) is 10.2 Å². The van der Waals surface area contributed by atoms with Crippen LogP contribution in [0.25, 0.3) is 0 Å². The second kappa shape index (κ2) is 7.84. The Hall–Kier alpha value is -1.36. The van der Waals surface area contributed by atoms with Crippen LogP contribution in [-0.2, 0) is 14.3 Å². The zero-order valence-electron chi connectivity index (χ0n) is 10.3. The Kier molecular flexibility index (Phi) is 7.21. The Bertz CT molecular complexity index is 283. The topological polar surface area (TPSA) is 83.8 Å². The van der Waals surface area contributed by atoms with Gasteiger partial charge in [0.25, 0.3) is 0 Å². The van der Waals surface area contributed by atoms with E-state index in [1.165, 1.54) is 7.11 Å². The third kappa shape index (κ3) is 6.06. The molecule has 0 aliphatic carbocycles. The zero-order chi connectivity index (χ0) is 13.4. The van der Waals surface area contributed by atoms with Gasteiger partial charge in [0.15, 0.2) is 0 Å². The predicted molar refractivity (Wildman–Crippen MR) is 62.4 cm³/mol. The van der Waals surface area contributed by atoms with Crippen LogP contribution in [0.1, 0.15) is 32.6 Å². The number of hydrogen-bond acceptors (Lipinski definition) is 4. The van der Waals surface area contributed by atoms with Crippen LogP contribution in [0.4, 0.5) is 0 Å². The minimum atomic E-state index is -1.07. The van der Waals surface area contributed by atoms with Crippen LogP contribution in [0.3, 0.4) is 0 Å². The fourth-order valence-corrected chi connectivity index (χ4v) is 1.51. The molecule has 2 unspecified atom stereocenters. The van der Waals surface area contributed by atoms with E-state index in [0.717, 1.165) is 6.42 Å². The molecule has 0 saturated heterocycles. The molecule has 0 aromatic rings. The van der Waals surface area contributed by atoms with E-state index in [1.807, 2.05) is 0 Å². The molecule has 17 heavy (non-hydrogen) atoms. The van der Waals surface area contributed by atoms with Crippen molar-refractivity contribution in [1.82, 2.24) is 0 Å². The summed E-state index contributed by atoms with van der Waals surface area (Å²) in [4.78, 5) is 22.1. The molecule has 0 aliphatic heterocycles. The summed E-state index contributed by atoms with van der Waals surface area (Å²) in [6, 6.07) is 0. The Labute approximate surface area is 101 Å². The summed E-state index contributed by atoms with van der Waals surface area (Å²) >= 11 is 0. The lowest BCUT2D eigenvalue weighted by Gasteiger charge is -2.13. The summed E-state index contributed by atoms with van der Waals surface area (Å²) in [5, 5.41) is 18.0. The van der Waals surface area contributed by atoms with E-state index in [0.29, 0.717) is 19.3 Å². The number of methoxy groups -OCH3 is 1. The maximum atomic E-state index is 11.2. The smallest absolute Gasteiger partial charge is 0.334 e. The molecule has 0 radical (unpaired) electrons. The quantitative estimate of drug-likeness (QED) is 0.382. The Morgan fingerprint density at radius 3 is 2.24 bits per heavy atom. The summed E-state index contributed by atoms with van der Waals surface area (Å²) in [5.41, 5.74) is -0.0305. The van der Waals surface area contributed by atoms with Crippen LogP contribution in [0.5, 0.6) is 0 Å². The number of carbonyl (C=O) groups excluding carboxylic acids is 1. The summed E-state index contributed by atoms with van der Waals surface area (Å²) in [7, 11) is 1.19. The van der Waals surface area contributed by atoms with Gasteiger partial charge >= 0.3 is 11.9 Å². The van der Waals surface area contributed by atoms with Crippen molar-refractivity contribution in [3.8, 4) is 0 Å². The molecular weight excluding hydrogens is 224 g/mol. The first kappa shape index (κ1) is 15.6. The summed E-state index contributed by atoms with van der Waals surface area (Å²) in [6.07, 6.45) is 1.91. The third-order valence-electron chi connectivity index (χ3n) is 2.53. The second-order valence-corrected chi connectivity index (χ2v) is 4.04. The van der Waals surface area contributed by atoms with Crippen LogP contribution in [0.15, 0.2) is 12.2 Å². The highest BCUT2D eigenvalue weighted by atomic mass is 16.5. The first-order valence-electron chi connectivity index (χ1n) is 5.58. The molecule has 0 spiro atoms. The van der Waals surface area contributed by atoms with Gasteiger partial charge in [-0.15, -0.1) is 0 Å². The predicted octanol–water partition coefficient (Wildman–Crippen LogP) is 1.36. The lowest BCUT2D eigenvalue weighted by Crippen LogP contribution is -2.21. The van der Waals surface area contributed by atoms with Gasteiger partial charge in [-0.1, -0.05) is 19.4 Å². The number of aliphatic hydroxyl groups is 1. The van der Waals surface area contributed by atoms with Crippen LogP contribution >= 0.6 is 0 Å². The Morgan fingerprint density at radius 1 is 1.29 bits per heavy atom. The van der Waals surface area contributed by atoms with Crippen molar-refractivity contribution in [2.24, 2.45) is 5.92 Å². The third-order valence-corrected chi connectivity index (χ3v) is 2.53. The zero-order valence-corrected chi connectivity index (χ0v) is 10.3. The van der Waals surface area contributed by atoms with Crippen LogP contribution < -0.4 is 0 Å². The maximum Gasteiger partial charge on any atom is 0.334 e. The lowest BCUT2D eigenvalue weighted by atomic mass is 9.94. The highest BCUT2D eigenvalue weighted by molar-refractivity contribution is 5.94. The SMILES string of the molecule is C=C(C(=O)OC)C(CCCCC(C)O)C(=O)O. The van der Waals surface area contributed by atoms with Gasteiger partial charge in [0.1, 0.15) is 0 Å². The molecule has 0 fully saturated rings. The molecule has 0 heterocycles. The van der Waals surface area contributed by atoms with Crippen LogP contribution in [0.2, 0.25) is 0 Å². The number of hydrogen-bond donors (Lipinski definition) is 2. The van der Waals surface area contributed by atoms with E-state index in [2.05, 4.69) is 11.3 Å². The molecule has 0 aliphatic rings. The van der Waals surface area contributed by atoms with Crippen molar-refractivity contribution in [2.45, 2.75) is 38.7 Å². The lowest BCUT2D eigenvalue weighted by molar-refractivity contribution is -0.145. The van der Waals surface area contributed by atoms with Gasteiger partial charge in [-0.25, -0.2) is 4.79 Å². The van der Waals surface area contributed by atoms with Crippen molar-refractivity contribution in [1.29, 1.82) is 0 Å². The number of unbranched alkanes of at least 4 members (excludes halogenated alkanes) is 1. The molecule has 0 aromatic carbocycles. The summed E-state index contributed by atoms with van der Waals surface area (Å²) in [5.74, 6) is -2.66. The summed E-state index contributed by atoms with van der Waals surface area (Å²) < 4.78 is 4.45. The average molecular weight is 244 g/mol. The van der Waals surface area contributed by atoms with E-state index in [1.54, 1.807) is 6.92 Å². The van der Waals surface area contributed by atoms with E-state index in [-0.39, 0.29) is 11.7 Å². The molecule has 2 N–H and O–H groups in total. The molecule has 2 atom stereocenters. The minimum absolute atomic E-state index is 0.0305. The van der Waals surface area contributed by atoms with Crippen LogP contribution in [0, 0.1) is 5.92 Å². The van der Waals surface area contributed by atoms with Crippen molar-refractivity contribution >= 4 is 11.9 Å². The Morgan fingerprint density at radius 2 is 1.82 bits per heavy atom. The van der Waals surface area contributed by atoms with Crippen molar-refractivity contribution in [2.75, 3.05) is 7.11 Å². The molecule has 0 rings (SSSR count). The average Bonchev–Trinajstić information content (AvgIpc) is 2.26.